The first kappa shape index (κ1) is 12.0. The van der Waals surface area contributed by atoms with Crippen molar-refractivity contribution in [3.63, 3.8) is 0 Å². The molecule has 0 N–H and O–H groups in total. The Morgan fingerprint density at radius 2 is 2.25 bits per heavy atom. The summed E-state index contributed by atoms with van der Waals surface area (Å²) in [4.78, 5) is 1.14. The van der Waals surface area contributed by atoms with Crippen LogP contribution in [-0.2, 0) is 10.2 Å². The van der Waals surface area contributed by atoms with Crippen molar-refractivity contribution in [3.8, 4) is 0 Å². The van der Waals surface area contributed by atoms with Gasteiger partial charge in [-0.05, 0) is 24.3 Å². The van der Waals surface area contributed by atoms with E-state index < -0.39 is 10.2 Å². The van der Waals surface area contributed by atoms with Crippen LogP contribution in [0.5, 0.6) is 0 Å². The summed E-state index contributed by atoms with van der Waals surface area (Å²) in [5, 5.41) is 1.99. The average Bonchev–Trinajstić information content (AvgIpc) is 2.88. The minimum absolute atomic E-state index is 0.0346. The fraction of sp³-hybridized carbons (Fsp3) is 0.600. The van der Waals surface area contributed by atoms with Crippen molar-refractivity contribution in [3.05, 3.63) is 22.4 Å². The molecule has 1 unspecified atom stereocenters. The van der Waals surface area contributed by atoms with Crippen LogP contribution in [0.2, 0.25) is 0 Å². The Bertz CT molecular complexity index is 439. The summed E-state index contributed by atoms with van der Waals surface area (Å²) in [5.41, 5.74) is 0. The van der Waals surface area contributed by atoms with Crippen LogP contribution in [0.3, 0.4) is 0 Å². The first-order valence-corrected chi connectivity index (χ1v) is 7.54. The van der Waals surface area contributed by atoms with Gasteiger partial charge in [-0.1, -0.05) is 6.07 Å². The van der Waals surface area contributed by atoms with E-state index in [1.165, 1.54) is 4.31 Å². The molecule has 4 nitrogen and oxygen atoms in total. The Hall–Kier alpha value is -0.430. The summed E-state index contributed by atoms with van der Waals surface area (Å²) < 4.78 is 27.1. The molecule has 0 saturated carbocycles. The van der Waals surface area contributed by atoms with Gasteiger partial charge in [-0.15, -0.1) is 11.3 Å². The molecule has 1 aromatic heterocycles. The van der Waals surface area contributed by atoms with E-state index in [4.69, 9.17) is 0 Å². The lowest BCUT2D eigenvalue weighted by Gasteiger charge is -2.26. The van der Waals surface area contributed by atoms with E-state index >= 15 is 0 Å². The van der Waals surface area contributed by atoms with Gasteiger partial charge in [0.2, 0.25) is 0 Å². The molecule has 1 saturated heterocycles. The molecule has 6 heteroatoms. The molecule has 1 aliphatic rings. The zero-order valence-corrected chi connectivity index (χ0v) is 11.1. The molecule has 1 fully saturated rings. The number of hydrogen-bond acceptors (Lipinski definition) is 3. The third-order valence-electron chi connectivity index (χ3n) is 2.83. The van der Waals surface area contributed by atoms with Crippen LogP contribution in [0.25, 0.3) is 0 Å². The summed E-state index contributed by atoms with van der Waals surface area (Å²) in [5.74, 6) is 0. The van der Waals surface area contributed by atoms with Crippen LogP contribution < -0.4 is 0 Å². The Kier molecular flexibility index (Phi) is 3.34. The predicted molar refractivity (Wildman–Crippen MR) is 65.6 cm³/mol. The molecule has 90 valence electrons. The van der Waals surface area contributed by atoms with Gasteiger partial charge >= 0.3 is 0 Å². The summed E-state index contributed by atoms with van der Waals surface area (Å²) >= 11 is 1.63. The van der Waals surface area contributed by atoms with E-state index in [9.17, 15) is 8.42 Å². The molecule has 1 aliphatic heterocycles. The molecular weight excluding hydrogens is 244 g/mol. The van der Waals surface area contributed by atoms with Gasteiger partial charge in [0.15, 0.2) is 0 Å². The smallest absolute Gasteiger partial charge is 0.195 e. The molecule has 0 bridgehead atoms. The minimum Gasteiger partial charge on any atom is -0.195 e. The Labute approximate surface area is 101 Å². The highest BCUT2D eigenvalue weighted by Gasteiger charge is 2.36. The fourth-order valence-electron chi connectivity index (χ4n) is 1.99. The second-order valence-corrected chi connectivity index (χ2v) is 7.15. The summed E-state index contributed by atoms with van der Waals surface area (Å²) in [6, 6.07) is 4.02. The molecule has 2 heterocycles. The molecule has 1 aromatic rings. The number of nitrogens with zero attached hydrogens (tertiary/aromatic N) is 2. The standard InChI is InChI=1S/C10H16N2O2S2/c1-11(2)16(13,14)12-7-3-5-9(12)10-6-4-8-15-10/h4,6,8-9H,3,5,7H2,1-2H3. The van der Waals surface area contributed by atoms with E-state index in [0.29, 0.717) is 6.54 Å². The molecular formula is C10H16N2O2S2. The van der Waals surface area contributed by atoms with Gasteiger partial charge in [0.1, 0.15) is 0 Å². The van der Waals surface area contributed by atoms with Gasteiger partial charge in [-0.3, -0.25) is 0 Å². The predicted octanol–water partition coefficient (Wildman–Crippen LogP) is 1.69. The van der Waals surface area contributed by atoms with Gasteiger partial charge in [0, 0.05) is 25.5 Å². The average molecular weight is 260 g/mol. The van der Waals surface area contributed by atoms with Crippen molar-refractivity contribution in [1.82, 2.24) is 8.61 Å². The zero-order chi connectivity index (χ0) is 11.8. The maximum Gasteiger partial charge on any atom is 0.282 e. The highest BCUT2D eigenvalue weighted by Crippen LogP contribution is 2.36. The maximum atomic E-state index is 12.1. The lowest BCUT2D eigenvalue weighted by Crippen LogP contribution is -2.39. The summed E-state index contributed by atoms with van der Waals surface area (Å²) in [6.07, 6.45) is 1.86. The van der Waals surface area contributed by atoms with E-state index in [1.807, 2.05) is 17.5 Å². The van der Waals surface area contributed by atoms with Crippen LogP contribution in [-0.4, -0.2) is 37.7 Å². The number of thiophene rings is 1. The Morgan fingerprint density at radius 3 is 2.81 bits per heavy atom. The lowest BCUT2D eigenvalue weighted by atomic mass is 10.2. The lowest BCUT2D eigenvalue weighted by molar-refractivity contribution is 0.366. The van der Waals surface area contributed by atoms with Gasteiger partial charge in [0.25, 0.3) is 10.2 Å². The van der Waals surface area contributed by atoms with Crippen LogP contribution in [0.15, 0.2) is 17.5 Å². The van der Waals surface area contributed by atoms with Crippen molar-refractivity contribution in [1.29, 1.82) is 0 Å². The normalized spacial score (nSPS) is 23.1. The molecule has 0 aliphatic carbocycles. The number of hydrogen-bond donors (Lipinski definition) is 0. The van der Waals surface area contributed by atoms with Crippen LogP contribution in [0.1, 0.15) is 23.8 Å². The molecule has 0 spiro atoms. The van der Waals surface area contributed by atoms with E-state index in [2.05, 4.69) is 0 Å². The van der Waals surface area contributed by atoms with E-state index in [1.54, 1.807) is 29.7 Å². The minimum atomic E-state index is -3.28. The molecule has 16 heavy (non-hydrogen) atoms. The van der Waals surface area contributed by atoms with E-state index in [0.717, 1.165) is 17.7 Å². The largest absolute Gasteiger partial charge is 0.282 e. The van der Waals surface area contributed by atoms with Crippen molar-refractivity contribution < 1.29 is 8.42 Å². The summed E-state index contributed by atoms with van der Waals surface area (Å²) in [7, 11) is -0.114. The van der Waals surface area contributed by atoms with Gasteiger partial charge < -0.3 is 0 Å². The van der Waals surface area contributed by atoms with Gasteiger partial charge in [-0.2, -0.15) is 17.0 Å². The second kappa shape index (κ2) is 4.44. The molecule has 2 rings (SSSR count). The highest BCUT2D eigenvalue weighted by atomic mass is 32.2. The first-order valence-electron chi connectivity index (χ1n) is 5.26. The second-order valence-electron chi connectivity index (χ2n) is 4.07. The number of rotatable bonds is 3. The first-order chi connectivity index (χ1) is 7.53. The Balaban J connectivity index is 2.29. The quantitative estimate of drug-likeness (QED) is 0.830. The zero-order valence-electron chi connectivity index (χ0n) is 9.46. The van der Waals surface area contributed by atoms with Crippen molar-refractivity contribution in [2.24, 2.45) is 0 Å². The van der Waals surface area contributed by atoms with Gasteiger partial charge in [-0.25, -0.2) is 0 Å². The third kappa shape index (κ3) is 2.02. The van der Waals surface area contributed by atoms with Crippen LogP contribution in [0.4, 0.5) is 0 Å². The van der Waals surface area contributed by atoms with Gasteiger partial charge in [0.05, 0.1) is 6.04 Å². The SMILES string of the molecule is CN(C)S(=O)(=O)N1CCCC1c1cccs1. The topological polar surface area (TPSA) is 40.6 Å². The molecule has 0 aromatic carbocycles. The Morgan fingerprint density at radius 1 is 1.50 bits per heavy atom. The van der Waals surface area contributed by atoms with Crippen molar-refractivity contribution in [2.75, 3.05) is 20.6 Å². The van der Waals surface area contributed by atoms with Crippen molar-refractivity contribution >= 4 is 21.5 Å². The van der Waals surface area contributed by atoms with Crippen molar-refractivity contribution in [2.45, 2.75) is 18.9 Å². The van der Waals surface area contributed by atoms with E-state index in [-0.39, 0.29) is 6.04 Å². The molecule has 0 radical (unpaired) electrons. The molecule has 1 atom stereocenters. The summed E-state index contributed by atoms with van der Waals surface area (Å²) in [6.45, 7) is 0.628. The third-order valence-corrected chi connectivity index (χ3v) is 5.76. The maximum absolute atomic E-state index is 12.1. The van der Waals surface area contributed by atoms with Crippen LogP contribution >= 0.6 is 11.3 Å². The fourth-order valence-corrected chi connectivity index (χ4v) is 4.25. The highest BCUT2D eigenvalue weighted by molar-refractivity contribution is 7.86. The van der Waals surface area contributed by atoms with Crippen LogP contribution in [0, 0.1) is 0 Å². The molecule has 0 amide bonds. The monoisotopic (exact) mass is 260 g/mol.